The number of carbonyl (C=O) groups excluding carboxylic acids is 1. The van der Waals surface area contributed by atoms with Gasteiger partial charge in [0.1, 0.15) is 11.6 Å². The van der Waals surface area contributed by atoms with Crippen LogP contribution in [0.5, 0.6) is 0 Å². The summed E-state index contributed by atoms with van der Waals surface area (Å²) in [6, 6.07) is 1.94. The van der Waals surface area contributed by atoms with E-state index in [9.17, 15) is 13.6 Å². The summed E-state index contributed by atoms with van der Waals surface area (Å²) >= 11 is 2.92. The van der Waals surface area contributed by atoms with E-state index < -0.39 is 11.6 Å². The lowest BCUT2D eigenvalue weighted by Crippen LogP contribution is -2.04. The molecule has 0 aliphatic rings. The van der Waals surface area contributed by atoms with Gasteiger partial charge in [-0.15, -0.1) is 0 Å². The highest BCUT2D eigenvalue weighted by Gasteiger charge is 2.12. The van der Waals surface area contributed by atoms with Gasteiger partial charge in [0.05, 0.1) is 10.9 Å². The molecular formula is C9H7BrF2O. The van der Waals surface area contributed by atoms with E-state index >= 15 is 0 Å². The Morgan fingerprint density at radius 3 is 2.54 bits per heavy atom. The molecule has 0 saturated carbocycles. The number of benzene rings is 1. The zero-order valence-electron chi connectivity index (χ0n) is 6.90. The minimum Gasteiger partial charge on any atom is -0.293 e. The summed E-state index contributed by atoms with van der Waals surface area (Å²) < 4.78 is 25.8. The van der Waals surface area contributed by atoms with E-state index in [-0.39, 0.29) is 22.2 Å². The number of rotatable bonds is 2. The van der Waals surface area contributed by atoms with Crippen molar-refractivity contribution in [3.05, 3.63) is 34.9 Å². The fourth-order valence-electron chi connectivity index (χ4n) is 0.943. The normalized spacial score (nSPS) is 10.2. The first-order chi connectivity index (χ1) is 6.06. The Balaban J connectivity index is 3.23. The van der Waals surface area contributed by atoms with E-state index in [0.717, 1.165) is 6.07 Å². The monoisotopic (exact) mass is 248 g/mol. The highest BCUT2D eigenvalue weighted by atomic mass is 79.9. The van der Waals surface area contributed by atoms with Crippen LogP contribution >= 0.6 is 15.9 Å². The Kier molecular flexibility index (Phi) is 3.14. The molecule has 70 valence electrons. The van der Waals surface area contributed by atoms with Crippen LogP contribution in [0.2, 0.25) is 0 Å². The highest BCUT2D eigenvalue weighted by molar-refractivity contribution is 9.09. The first kappa shape index (κ1) is 10.3. The third-order valence-electron chi connectivity index (χ3n) is 1.67. The fraction of sp³-hybridized carbons (Fsp3) is 0.222. The quantitative estimate of drug-likeness (QED) is 0.581. The van der Waals surface area contributed by atoms with Gasteiger partial charge >= 0.3 is 0 Å². The van der Waals surface area contributed by atoms with E-state index in [1.165, 1.54) is 13.0 Å². The van der Waals surface area contributed by atoms with Crippen molar-refractivity contribution < 1.29 is 13.6 Å². The average molecular weight is 249 g/mol. The van der Waals surface area contributed by atoms with Crippen molar-refractivity contribution in [2.24, 2.45) is 0 Å². The van der Waals surface area contributed by atoms with Crippen molar-refractivity contribution in [3.8, 4) is 0 Å². The van der Waals surface area contributed by atoms with Crippen LogP contribution in [-0.2, 0) is 0 Å². The lowest BCUT2D eigenvalue weighted by atomic mass is 10.1. The van der Waals surface area contributed by atoms with Crippen molar-refractivity contribution in [2.45, 2.75) is 6.92 Å². The minimum atomic E-state index is -0.812. The highest BCUT2D eigenvalue weighted by Crippen LogP contribution is 2.15. The maximum atomic E-state index is 13.0. The van der Waals surface area contributed by atoms with Gasteiger partial charge in [0.25, 0.3) is 0 Å². The fourth-order valence-corrected chi connectivity index (χ4v) is 1.24. The molecular weight excluding hydrogens is 242 g/mol. The van der Waals surface area contributed by atoms with Gasteiger partial charge in [0.15, 0.2) is 5.78 Å². The number of hydrogen-bond acceptors (Lipinski definition) is 1. The van der Waals surface area contributed by atoms with Crippen molar-refractivity contribution in [3.63, 3.8) is 0 Å². The van der Waals surface area contributed by atoms with Gasteiger partial charge in [-0.05, 0) is 18.6 Å². The molecule has 1 rings (SSSR count). The Morgan fingerprint density at radius 1 is 1.38 bits per heavy atom. The molecule has 0 spiro atoms. The Bertz CT molecular complexity index is 350. The minimum absolute atomic E-state index is 0.0367. The SMILES string of the molecule is Cc1cc(C(=O)CBr)c(F)cc1F. The number of carbonyl (C=O) groups is 1. The molecule has 1 nitrogen and oxygen atoms in total. The molecule has 0 saturated heterocycles. The van der Waals surface area contributed by atoms with Crippen LogP contribution in [0.1, 0.15) is 15.9 Å². The molecule has 0 heterocycles. The average Bonchev–Trinajstić information content (AvgIpc) is 2.10. The topological polar surface area (TPSA) is 17.1 Å². The number of Topliss-reactive ketones (excluding diaryl/α,β-unsaturated/α-hetero) is 1. The second-order valence-corrected chi connectivity index (χ2v) is 3.20. The molecule has 0 aromatic heterocycles. The number of halogens is 3. The summed E-state index contributed by atoms with van der Waals surface area (Å²) in [6.07, 6.45) is 0. The zero-order valence-corrected chi connectivity index (χ0v) is 8.49. The van der Waals surface area contributed by atoms with Crippen LogP contribution in [0.25, 0.3) is 0 Å². The van der Waals surface area contributed by atoms with Crippen LogP contribution in [-0.4, -0.2) is 11.1 Å². The van der Waals surface area contributed by atoms with Gasteiger partial charge in [-0.2, -0.15) is 0 Å². The number of alkyl halides is 1. The summed E-state index contributed by atoms with van der Waals surface area (Å²) in [7, 11) is 0. The standard InChI is InChI=1S/C9H7BrF2O/c1-5-2-6(9(13)4-10)8(12)3-7(5)11/h2-3H,4H2,1H3. The zero-order chi connectivity index (χ0) is 10.0. The molecule has 1 aromatic rings. The molecule has 0 aliphatic carbocycles. The summed E-state index contributed by atoms with van der Waals surface area (Å²) in [5.41, 5.74) is 0.196. The Labute approximate surface area is 82.9 Å². The maximum Gasteiger partial charge on any atom is 0.176 e. The third kappa shape index (κ3) is 2.12. The molecule has 0 unspecified atom stereocenters. The van der Waals surface area contributed by atoms with E-state index in [1.807, 2.05) is 0 Å². The predicted octanol–water partition coefficient (Wildman–Crippen LogP) is 2.85. The molecule has 0 aliphatic heterocycles. The molecule has 1 aromatic carbocycles. The van der Waals surface area contributed by atoms with Crippen LogP contribution in [0.15, 0.2) is 12.1 Å². The second-order valence-electron chi connectivity index (χ2n) is 2.64. The van der Waals surface area contributed by atoms with Gasteiger partial charge in [-0.1, -0.05) is 15.9 Å². The molecule has 13 heavy (non-hydrogen) atoms. The summed E-state index contributed by atoms with van der Waals surface area (Å²) in [6.45, 7) is 1.49. The summed E-state index contributed by atoms with van der Waals surface area (Å²) in [5, 5.41) is 0.0367. The second kappa shape index (κ2) is 3.96. The lowest BCUT2D eigenvalue weighted by Gasteiger charge is -2.02. The van der Waals surface area contributed by atoms with E-state index in [1.54, 1.807) is 0 Å². The lowest BCUT2D eigenvalue weighted by molar-refractivity contribution is 0.102. The Hall–Kier alpha value is -0.770. The number of hydrogen-bond donors (Lipinski definition) is 0. The molecule has 0 N–H and O–H groups in total. The van der Waals surface area contributed by atoms with E-state index in [4.69, 9.17) is 0 Å². The molecule has 0 atom stereocenters. The van der Waals surface area contributed by atoms with Gasteiger partial charge in [-0.25, -0.2) is 8.78 Å². The van der Waals surface area contributed by atoms with Gasteiger partial charge in [0, 0.05) is 6.07 Å². The van der Waals surface area contributed by atoms with Crippen molar-refractivity contribution in [2.75, 3.05) is 5.33 Å². The van der Waals surface area contributed by atoms with Crippen LogP contribution in [0.4, 0.5) is 8.78 Å². The van der Waals surface area contributed by atoms with Crippen molar-refractivity contribution in [1.82, 2.24) is 0 Å². The molecule has 0 fully saturated rings. The summed E-state index contributed by atoms with van der Waals surface area (Å²) in [5.74, 6) is -1.84. The molecule has 0 amide bonds. The smallest absolute Gasteiger partial charge is 0.176 e. The number of ketones is 1. The predicted molar refractivity (Wildman–Crippen MR) is 49.2 cm³/mol. The van der Waals surface area contributed by atoms with Gasteiger partial charge in [0.2, 0.25) is 0 Å². The third-order valence-corrected chi connectivity index (χ3v) is 2.18. The molecule has 4 heteroatoms. The summed E-state index contributed by atoms with van der Waals surface area (Å²) in [4.78, 5) is 11.1. The largest absolute Gasteiger partial charge is 0.293 e. The van der Waals surface area contributed by atoms with Gasteiger partial charge in [-0.3, -0.25) is 4.79 Å². The number of aryl methyl sites for hydroxylation is 1. The first-order valence-corrected chi connectivity index (χ1v) is 4.73. The Morgan fingerprint density at radius 2 is 2.00 bits per heavy atom. The first-order valence-electron chi connectivity index (χ1n) is 3.61. The van der Waals surface area contributed by atoms with Gasteiger partial charge < -0.3 is 0 Å². The van der Waals surface area contributed by atoms with Crippen molar-refractivity contribution in [1.29, 1.82) is 0 Å². The van der Waals surface area contributed by atoms with Crippen LogP contribution in [0.3, 0.4) is 0 Å². The van der Waals surface area contributed by atoms with E-state index in [2.05, 4.69) is 15.9 Å². The maximum absolute atomic E-state index is 13.0. The van der Waals surface area contributed by atoms with E-state index in [0.29, 0.717) is 0 Å². The van der Waals surface area contributed by atoms with Crippen LogP contribution in [0, 0.1) is 18.6 Å². The van der Waals surface area contributed by atoms with Crippen LogP contribution < -0.4 is 0 Å². The van der Waals surface area contributed by atoms with Crippen molar-refractivity contribution >= 4 is 21.7 Å². The molecule has 0 radical (unpaired) electrons. The molecule has 0 bridgehead atoms.